The molecule has 4 heteroatoms. The molecule has 0 amide bonds. The van der Waals surface area contributed by atoms with Gasteiger partial charge in [-0.3, -0.25) is 4.68 Å². The van der Waals surface area contributed by atoms with Crippen molar-refractivity contribution in [3.05, 3.63) is 17.0 Å². The molecule has 1 atom stereocenters. The van der Waals surface area contributed by atoms with Crippen LogP contribution < -0.4 is 5.32 Å². The number of piperidine rings is 1. The molecule has 1 aromatic heterocycles. The third-order valence-corrected chi connectivity index (χ3v) is 4.38. The minimum absolute atomic E-state index is 0.458. The van der Waals surface area contributed by atoms with Crippen molar-refractivity contribution in [1.29, 1.82) is 0 Å². The molecular formula is C14H23N3O. The molecule has 0 saturated carbocycles. The highest BCUT2D eigenvalue weighted by molar-refractivity contribution is 5.29. The van der Waals surface area contributed by atoms with E-state index >= 15 is 0 Å². The van der Waals surface area contributed by atoms with E-state index in [9.17, 15) is 0 Å². The lowest BCUT2D eigenvalue weighted by molar-refractivity contribution is 0.184. The van der Waals surface area contributed by atoms with E-state index < -0.39 is 0 Å². The average Bonchev–Trinajstić information content (AvgIpc) is 2.99. The van der Waals surface area contributed by atoms with Crippen molar-refractivity contribution in [2.45, 2.75) is 45.1 Å². The summed E-state index contributed by atoms with van der Waals surface area (Å²) < 4.78 is 7.71. The van der Waals surface area contributed by atoms with Crippen molar-refractivity contribution < 1.29 is 4.74 Å². The van der Waals surface area contributed by atoms with Gasteiger partial charge >= 0.3 is 0 Å². The first-order chi connectivity index (χ1) is 8.77. The Bertz CT molecular complexity index is 415. The fourth-order valence-corrected chi connectivity index (χ4v) is 3.45. The summed E-state index contributed by atoms with van der Waals surface area (Å²) in [5, 5.41) is 8.22. The molecule has 1 aromatic rings. The van der Waals surface area contributed by atoms with E-state index in [1.165, 1.54) is 29.8 Å². The molecule has 18 heavy (non-hydrogen) atoms. The van der Waals surface area contributed by atoms with Gasteiger partial charge in [0.05, 0.1) is 18.3 Å². The van der Waals surface area contributed by atoms with Crippen LogP contribution in [0, 0.1) is 13.8 Å². The Morgan fingerprint density at radius 1 is 1.22 bits per heavy atom. The van der Waals surface area contributed by atoms with Crippen LogP contribution in [0.15, 0.2) is 0 Å². The van der Waals surface area contributed by atoms with Crippen molar-refractivity contribution in [2.24, 2.45) is 0 Å². The second kappa shape index (κ2) is 5.02. The third kappa shape index (κ3) is 2.08. The molecule has 0 aromatic carbocycles. The van der Waals surface area contributed by atoms with Gasteiger partial charge in [0.25, 0.3) is 0 Å². The van der Waals surface area contributed by atoms with E-state index in [-0.39, 0.29) is 0 Å². The number of hydrogen-bond acceptors (Lipinski definition) is 3. The van der Waals surface area contributed by atoms with Crippen LogP contribution in [-0.4, -0.2) is 36.1 Å². The van der Waals surface area contributed by atoms with Gasteiger partial charge in [-0.15, -0.1) is 0 Å². The van der Waals surface area contributed by atoms with Crippen LogP contribution in [0.1, 0.15) is 48.2 Å². The normalized spacial score (nSPS) is 25.8. The second-order valence-electron chi connectivity index (χ2n) is 5.57. The fourth-order valence-electron chi connectivity index (χ4n) is 3.45. The Kier molecular flexibility index (Phi) is 3.39. The molecule has 3 rings (SSSR count). The number of rotatable bonds is 2. The number of nitrogens with one attached hydrogen (secondary N) is 1. The van der Waals surface area contributed by atoms with E-state index in [0.29, 0.717) is 12.0 Å². The highest BCUT2D eigenvalue weighted by Crippen LogP contribution is 2.32. The van der Waals surface area contributed by atoms with Gasteiger partial charge in [0.15, 0.2) is 0 Å². The minimum Gasteiger partial charge on any atom is -0.379 e. The molecule has 0 bridgehead atoms. The lowest BCUT2D eigenvalue weighted by Gasteiger charge is -2.23. The first-order valence-electron chi connectivity index (χ1n) is 7.11. The van der Waals surface area contributed by atoms with Gasteiger partial charge in [-0.2, -0.15) is 5.10 Å². The Hall–Kier alpha value is -0.870. The van der Waals surface area contributed by atoms with Crippen LogP contribution in [0.3, 0.4) is 0 Å². The highest BCUT2D eigenvalue weighted by Gasteiger charge is 2.26. The predicted octanol–water partition coefficient (Wildman–Crippen LogP) is 1.93. The summed E-state index contributed by atoms with van der Waals surface area (Å²) in [6.45, 7) is 8.38. The van der Waals surface area contributed by atoms with Gasteiger partial charge < -0.3 is 10.1 Å². The molecule has 4 nitrogen and oxygen atoms in total. The van der Waals surface area contributed by atoms with Crippen molar-refractivity contribution in [2.75, 3.05) is 26.3 Å². The average molecular weight is 249 g/mol. The maximum absolute atomic E-state index is 5.49. The molecule has 2 fully saturated rings. The van der Waals surface area contributed by atoms with Gasteiger partial charge in [-0.1, -0.05) is 0 Å². The Balaban J connectivity index is 1.89. The van der Waals surface area contributed by atoms with E-state index in [2.05, 4.69) is 23.8 Å². The second-order valence-corrected chi connectivity index (χ2v) is 5.57. The molecule has 2 saturated heterocycles. The lowest BCUT2D eigenvalue weighted by Crippen LogP contribution is -2.27. The number of aryl methyl sites for hydroxylation is 1. The molecule has 1 unspecified atom stereocenters. The zero-order valence-electron chi connectivity index (χ0n) is 11.4. The van der Waals surface area contributed by atoms with E-state index in [1.54, 1.807) is 0 Å². The van der Waals surface area contributed by atoms with Crippen molar-refractivity contribution in [3.8, 4) is 0 Å². The van der Waals surface area contributed by atoms with Crippen LogP contribution in [0.25, 0.3) is 0 Å². The van der Waals surface area contributed by atoms with Crippen LogP contribution >= 0.6 is 0 Å². The van der Waals surface area contributed by atoms with Crippen LogP contribution in [0.2, 0.25) is 0 Å². The topological polar surface area (TPSA) is 39.1 Å². The molecule has 0 spiro atoms. The van der Waals surface area contributed by atoms with Gasteiger partial charge in [0.2, 0.25) is 0 Å². The molecular weight excluding hydrogens is 226 g/mol. The summed E-state index contributed by atoms with van der Waals surface area (Å²) in [5.74, 6) is 0.697. The SMILES string of the molecule is Cc1nn(C2CCOC2)c(C)c1C1CCNCC1. The Labute approximate surface area is 109 Å². The third-order valence-electron chi connectivity index (χ3n) is 4.38. The number of ether oxygens (including phenoxy) is 1. The van der Waals surface area contributed by atoms with Gasteiger partial charge in [-0.05, 0) is 57.7 Å². The number of nitrogens with zero attached hydrogens (tertiary/aromatic N) is 2. The summed E-state index contributed by atoms with van der Waals surface area (Å²) in [5.41, 5.74) is 4.10. The van der Waals surface area contributed by atoms with Crippen molar-refractivity contribution >= 4 is 0 Å². The molecule has 3 heterocycles. The summed E-state index contributed by atoms with van der Waals surface area (Å²) >= 11 is 0. The van der Waals surface area contributed by atoms with E-state index in [1.807, 2.05) is 0 Å². The summed E-state index contributed by atoms with van der Waals surface area (Å²) in [7, 11) is 0. The molecule has 0 radical (unpaired) electrons. The van der Waals surface area contributed by atoms with Crippen LogP contribution in [-0.2, 0) is 4.74 Å². The van der Waals surface area contributed by atoms with Gasteiger partial charge in [-0.25, -0.2) is 0 Å². The van der Waals surface area contributed by atoms with Gasteiger partial charge in [0.1, 0.15) is 0 Å². The van der Waals surface area contributed by atoms with E-state index in [0.717, 1.165) is 32.7 Å². The smallest absolute Gasteiger partial charge is 0.0777 e. The molecule has 2 aliphatic heterocycles. The minimum atomic E-state index is 0.458. The van der Waals surface area contributed by atoms with Crippen molar-refractivity contribution in [3.63, 3.8) is 0 Å². The standard InChI is InChI=1S/C14H23N3O/c1-10-14(12-3-6-15-7-4-12)11(2)17(16-10)13-5-8-18-9-13/h12-13,15H,3-9H2,1-2H3. The maximum atomic E-state index is 5.49. The van der Waals surface area contributed by atoms with Crippen LogP contribution in [0.4, 0.5) is 0 Å². The predicted molar refractivity (Wildman–Crippen MR) is 71.0 cm³/mol. The molecule has 100 valence electrons. The monoisotopic (exact) mass is 249 g/mol. The Morgan fingerprint density at radius 2 is 2.00 bits per heavy atom. The van der Waals surface area contributed by atoms with Gasteiger partial charge in [0, 0.05) is 12.3 Å². The highest BCUT2D eigenvalue weighted by atomic mass is 16.5. The number of hydrogen-bond donors (Lipinski definition) is 1. The Morgan fingerprint density at radius 3 is 2.67 bits per heavy atom. The lowest BCUT2D eigenvalue weighted by atomic mass is 9.89. The summed E-state index contributed by atoms with van der Waals surface area (Å²) in [6.07, 6.45) is 3.59. The van der Waals surface area contributed by atoms with Crippen molar-refractivity contribution in [1.82, 2.24) is 15.1 Å². The largest absolute Gasteiger partial charge is 0.379 e. The summed E-state index contributed by atoms with van der Waals surface area (Å²) in [6, 6.07) is 0.458. The zero-order chi connectivity index (χ0) is 12.5. The zero-order valence-corrected chi connectivity index (χ0v) is 11.4. The first-order valence-corrected chi connectivity index (χ1v) is 7.11. The van der Waals surface area contributed by atoms with E-state index in [4.69, 9.17) is 9.84 Å². The first kappa shape index (κ1) is 12.2. The van der Waals surface area contributed by atoms with Crippen LogP contribution in [0.5, 0.6) is 0 Å². The molecule has 2 aliphatic rings. The molecule has 1 N–H and O–H groups in total. The fraction of sp³-hybridized carbons (Fsp3) is 0.786. The molecule has 0 aliphatic carbocycles. The summed E-state index contributed by atoms with van der Waals surface area (Å²) in [4.78, 5) is 0. The quantitative estimate of drug-likeness (QED) is 0.870. The maximum Gasteiger partial charge on any atom is 0.0777 e. The number of aromatic nitrogens is 2.